The van der Waals surface area contributed by atoms with Crippen molar-refractivity contribution in [1.29, 1.82) is 0 Å². The topological polar surface area (TPSA) is 53.2 Å². The van der Waals surface area contributed by atoms with Gasteiger partial charge in [-0.25, -0.2) is 0 Å². The van der Waals surface area contributed by atoms with E-state index in [0.29, 0.717) is 5.11 Å². The van der Waals surface area contributed by atoms with Crippen LogP contribution in [0.2, 0.25) is 0 Å². The number of hydrogen-bond donors (Lipinski definition) is 3. The Labute approximate surface area is 216 Å². The first kappa shape index (κ1) is 24.5. The Morgan fingerprint density at radius 2 is 1.23 bits per heavy atom. The molecule has 0 radical (unpaired) electrons. The van der Waals surface area contributed by atoms with Crippen LogP contribution in [-0.4, -0.2) is 11.0 Å². The minimum Gasteiger partial charge on any atom is -0.332 e. The molecule has 3 N–H and O–H groups in total. The minimum absolute atomic E-state index is 0.0472. The fourth-order valence-corrected chi connectivity index (χ4v) is 4.93. The van der Waals surface area contributed by atoms with Crippen LogP contribution in [-0.2, 0) is 4.79 Å². The van der Waals surface area contributed by atoms with E-state index in [1.165, 1.54) is 11.8 Å². The van der Waals surface area contributed by atoms with E-state index in [2.05, 4.69) is 16.0 Å². The summed E-state index contributed by atoms with van der Waals surface area (Å²) in [6, 6.07) is 33.6. The molecular weight excluding hydrogens is 470 g/mol. The van der Waals surface area contributed by atoms with Crippen molar-refractivity contribution in [2.75, 3.05) is 16.0 Å². The first-order chi connectivity index (χ1) is 17.0. The summed E-state index contributed by atoms with van der Waals surface area (Å²) in [6.07, 6.45) is 0. The molecule has 0 heterocycles. The smallest absolute Gasteiger partial charge is 0.242 e. The van der Waals surface area contributed by atoms with Gasteiger partial charge >= 0.3 is 0 Å². The number of carbonyl (C=O) groups excluding carboxylic acids is 1. The van der Waals surface area contributed by atoms with Crippen LogP contribution >= 0.6 is 24.0 Å². The van der Waals surface area contributed by atoms with Crippen molar-refractivity contribution in [3.63, 3.8) is 0 Å². The predicted molar refractivity (Wildman–Crippen MR) is 152 cm³/mol. The quantitative estimate of drug-likeness (QED) is 0.181. The zero-order valence-electron chi connectivity index (χ0n) is 19.6. The molecule has 1 amide bonds. The van der Waals surface area contributed by atoms with E-state index in [-0.39, 0.29) is 5.91 Å². The molecule has 0 spiro atoms. The minimum atomic E-state index is -0.394. The Hall–Kier alpha value is -3.61. The molecule has 0 fully saturated rings. The van der Waals surface area contributed by atoms with Crippen LogP contribution in [0.4, 0.5) is 17.1 Å². The summed E-state index contributed by atoms with van der Waals surface area (Å²) in [6.45, 7) is 4.02. The van der Waals surface area contributed by atoms with Gasteiger partial charge in [0.15, 0.2) is 5.11 Å². The molecule has 0 saturated carbocycles. The number of hydrogen-bond acceptors (Lipinski definition) is 3. The van der Waals surface area contributed by atoms with Crippen molar-refractivity contribution in [1.82, 2.24) is 0 Å². The maximum absolute atomic E-state index is 13.4. The second-order valence-electron chi connectivity index (χ2n) is 8.13. The highest BCUT2D eigenvalue weighted by Crippen LogP contribution is 2.37. The van der Waals surface area contributed by atoms with Gasteiger partial charge in [0.25, 0.3) is 0 Å². The Morgan fingerprint density at radius 3 is 1.83 bits per heavy atom. The lowest BCUT2D eigenvalue weighted by atomic mass is 10.1. The maximum Gasteiger partial charge on any atom is 0.242 e. The third-order valence-corrected chi connectivity index (χ3v) is 6.94. The van der Waals surface area contributed by atoms with Gasteiger partial charge in [-0.15, -0.1) is 11.8 Å². The monoisotopic (exact) mass is 497 g/mol. The number of carbonyl (C=O) groups is 1. The van der Waals surface area contributed by atoms with E-state index in [1.54, 1.807) is 0 Å². The number of anilines is 3. The van der Waals surface area contributed by atoms with Crippen molar-refractivity contribution >= 4 is 52.1 Å². The van der Waals surface area contributed by atoms with Gasteiger partial charge in [-0.05, 0) is 79.2 Å². The van der Waals surface area contributed by atoms with E-state index in [0.717, 1.165) is 38.6 Å². The number of para-hydroxylation sites is 2. The molecule has 0 bridgehead atoms. The fraction of sp³-hybridized carbons (Fsp3) is 0.103. The Kier molecular flexibility index (Phi) is 8.19. The van der Waals surface area contributed by atoms with Gasteiger partial charge in [-0.3, -0.25) is 4.79 Å². The van der Waals surface area contributed by atoms with Crippen LogP contribution in [0.5, 0.6) is 0 Å². The number of nitrogens with one attached hydrogen (secondary N) is 3. The Morgan fingerprint density at radius 1 is 0.686 bits per heavy atom. The number of thioether (sulfide) groups is 1. The van der Waals surface area contributed by atoms with Gasteiger partial charge in [0.2, 0.25) is 5.91 Å². The van der Waals surface area contributed by atoms with Gasteiger partial charge in [0, 0.05) is 22.0 Å². The number of benzene rings is 4. The molecule has 176 valence electrons. The summed E-state index contributed by atoms with van der Waals surface area (Å²) in [5.74, 6) is -0.0472. The van der Waals surface area contributed by atoms with E-state index in [9.17, 15) is 4.79 Å². The standard InChI is InChI=1S/C29H27N3OS2/c1-20-10-9-11-21(2)26(20)32-28(33)27(22-12-5-3-6-13-22)35-25-18-16-24(17-19-25)31-29(34)30-23-14-7-4-8-15-23/h3-19,27H,1-2H3,(H,32,33)(H2,30,31,34). The normalized spacial score (nSPS) is 11.4. The summed E-state index contributed by atoms with van der Waals surface area (Å²) < 4.78 is 0. The molecule has 0 aliphatic heterocycles. The fourth-order valence-electron chi connectivity index (χ4n) is 3.67. The Bertz CT molecular complexity index is 1270. The lowest BCUT2D eigenvalue weighted by Crippen LogP contribution is -2.20. The van der Waals surface area contributed by atoms with E-state index >= 15 is 0 Å². The summed E-state index contributed by atoms with van der Waals surface area (Å²) in [5, 5.41) is 9.66. The summed E-state index contributed by atoms with van der Waals surface area (Å²) in [4.78, 5) is 14.4. The van der Waals surface area contributed by atoms with Crippen molar-refractivity contribution in [3.8, 4) is 0 Å². The second-order valence-corrected chi connectivity index (χ2v) is 9.72. The zero-order chi connectivity index (χ0) is 24.6. The molecule has 4 rings (SSSR count). The van der Waals surface area contributed by atoms with Gasteiger partial charge < -0.3 is 16.0 Å². The third-order valence-electron chi connectivity index (χ3n) is 5.47. The number of rotatable bonds is 7. The molecule has 0 aliphatic rings. The molecule has 4 aromatic rings. The first-order valence-electron chi connectivity index (χ1n) is 11.3. The van der Waals surface area contributed by atoms with Crippen molar-refractivity contribution in [2.45, 2.75) is 24.0 Å². The van der Waals surface area contributed by atoms with Gasteiger partial charge in [0.1, 0.15) is 5.25 Å². The summed E-state index contributed by atoms with van der Waals surface area (Å²) in [7, 11) is 0. The number of thiocarbonyl (C=S) groups is 1. The molecule has 4 nitrogen and oxygen atoms in total. The molecule has 0 saturated heterocycles. The highest BCUT2D eigenvalue weighted by molar-refractivity contribution is 8.00. The van der Waals surface area contributed by atoms with Gasteiger partial charge in [-0.1, -0.05) is 66.7 Å². The van der Waals surface area contributed by atoms with Crippen LogP contribution in [0.3, 0.4) is 0 Å². The lowest BCUT2D eigenvalue weighted by molar-refractivity contribution is -0.115. The summed E-state index contributed by atoms with van der Waals surface area (Å²) >= 11 is 6.94. The molecule has 0 aromatic heterocycles. The lowest BCUT2D eigenvalue weighted by Gasteiger charge is -2.19. The van der Waals surface area contributed by atoms with Crippen LogP contribution in [0.15, 0.2) is 108 Å². The Balaban J connectivity index is 1.47. The average Bonchev–Trinajstić information content (AvgIpc) is 2.87. The van der Waals surface area contributed by atoms with E-state index < -0.39 is 5.25 Å². The van der Waals surface area contributed by atoms with E-state index in [1.807, 2.05) is 117 Å². The maximum atomic E-state index is 13.4. The molecule has 35 heavy (non-hydrogen) atoms. The SMILES string of the molecule is Cc1cccc(C)c1NC(=O)C(Sc1ccc(NC(=S)Nc2ccccc2)cc1)c1ccccc1. The van der Waals surface area contributed by atoms with Crippen LogP contribution in [0.1, 0.15) is 21.9 Å². The number of aryl methyl sites for hydroxylation is 2. The van der Waals surface area contributed by atoms with E-state index in [4.69, 9.17) is 12.2 Å². The molecular formula is C29H27N3OS2. The molecule has 6 heteroatoms. The van der Waals surface area contributed by atoms with Gasteiger partial charge in [-0.2, -0.15) is 0 Å². The summed E-state index contributed by atoms with van der Waals surface area (Å²) in [5.41, 5.74) is 5.72. The van der Waals surface area contributed by atoms with Crippen molar-refractivity contribution in [3.05, 3.63) is 120 Å². The predicted octanol–water partition coefficient (Wildman–Crippen LogP) is 7.58. The third kappa shape index (κ3) is 6.72. The van der Waals surface area contributed by atoms with Crippen LogP contribution < -0.4 is 16.0 Å². The second kappa shape index (κ2) is 11.7. The average molecular weight is 498 g/mol. The molecule has 1 unspecified atom stereocenters. The first-order valence-corrected chi connectivity index (χ1v) is 12.6. The van der Waals surface area contributed by atoms with Crippen molar-refractivity contribution < 1.29 is 4.79 Å². The largest absolute Gasteiger partial charge is 0.332 e. The van der Waals surface area contributed by atoms with Crippen LogP contribution in [0.25, 0.3) is 0 Å². The number of amides is 1. The molecule has 0 aliphatic carbocycles. The van der Waals surface area contributed by atoms with Crippen molar-refractivity contribution in [2.24, 2.45) is 0 Å². The van der Waals surface area contributed by atoms with Gasteiger partial charge in [0.05, 0.1) is 0 Å². The highest BCUT2D eigenvalue weighted by atomic mass is 32.2. The molecule has 4 aromatic carbocycles. The highest BCUT2D eigenvalue weighted by Gasteiger charge is 2.23. The zero-order valence-corrected chi connectivity index (χ0v) is 21.3. The molecule has 1 atom stereocenters. The van der Waals surface area contributed by atoms with Crippen LogP contribution in [0, 0.1) is 13.8 Å².